The molecule has 0 spiro atoms. The maximum Gasteiger partial charge on any atom is 0.275 e. The molecule has 1 aliphatic heterocycles. The van der Waals surface area contributed by atoms with Crippen LogP contribution in [0.2, 0.25) is 10.0 Å². The number of pyridine rings is 1. The molecule has 1 atom stereocenters. The van der Waals surface area contributed by atoms with E-state index in [0.29, 0.717) is 68.8 Å². The summed E-state index contributed by atoms with van der Waals surface area (Å²) < 4.78 is 1.61. The van der Waals surface area contributed by atoms with E-state index in [9.17, 15) is 14.9 Å². The first-order valence-corrected chi connectivity index (χ1v) is 14.9. The molecule has 1 aliphatic rings. The van der Waals surface area contributed by atoms with Crippen LogP contribution < -0.4 is 16.2 Å². The number of hydrogen-bond acceptors (Lipinski definition) is 5. The van der Waals surface area contributed by atoms with Crippen molar-refractivity contribution in [3.8, 4) is 22.9 Å². The number of piperazine rings is 1. The fourth-order valence-electron chi connectivity index (χ4n) is 6.01. The summed E-state index contributed by atoms with van der Waals surface area (Å²) in [4.78, 5) is 30.6. The number of rotatable bonds is 5. The van der Waals surface area contributed by atoms with E-state index in [2.05, 4.69) is 26.5 Å². The van der Waals surface area contributed by atoms with Crippen molar-refractivity contribution in [1.29, 1.82) is 5.26 Å². The van der Waals surface area contributed by atoms with Crippen LogP contribution in [0.3, 0.4) is 0 Å². The lowest BCUT2D eigenvalue weighted by molar-refractivity contribution is -0.126. The van der Waals surface area contributed by atoms with E-state index in [1.807, 2.05) is 49.1 Å². The molecule has 0 radical (unpaired) electrons. The fourth-order valence-corrected chi connectivity index (χ4v) is 6.55. The van der Waals surface area contributed by atoms with E-state index >= 15 is 0 Å². The van der Waals surface area contributed by atoms with Gasteiger partial charge in [0, 0.05) is 57.9 Å². The number of benzene rings is 3. The topological polar surface area (TPSA) is 95.4 Å². The number of nitriles is 1. The summed E-state index contributed by atoms with van der Waals surface area (Å²) in [6, 6.07) is 17.0. The second-order valence-corrected chi connectivity index (χ2v) is 12.1. The maximum atomic E-state index is 14.4. The van der Waals surface area contributed by atoms with Gasteiger partial charge in [-0.2, -0.15) is 5.26 Å². The van der Waals surface area contributed by atoms with Gasteiger partial charge in [0.15, 0.2) is 0 Å². The van der Waals surface area contributed by atoms with Gasteiger partial charge in [-0.05, 0) is 67.3 Å². The molecule has 9 heteroatoms. The maximum absolute atomic E-state index is 14.4. The zero-order chi connectivity index (χ0) is 31.2. The molecule has 1 saturated heterocycles. The quantitative estimate of drug-likeness (QED) is 0.192. The van der Waals surface area contributed by atoms with Gasteiger partial charge in [-0.1, -0.05) is 61.8 Å². The van der Waals surface area contributed by atoms with Gasteiger partial charge >= 0.3 is 0 Å². The third-order valence-electron chi connectivity index (χ3n) is 8.19. The highest BCUT2D eigenvalue weighted by molar-refractivity contribution is 6.35. The first-order valence-electron chi connectivity index (χ1n) is 14.1. The number of aromatic nitrogens is 1. The molecule has 2 heterocycles. The average molecular weight is 615 g/mol. The van der Waals surface area contributed by atoms with Gasteiger partial charge in [0.05, 0.1) is 16.9 Å². The summed E-state index contributed by atoms with van der Waals surface area (Å²) in [5, 5.41) is 12.0. The average Bonchev–Trinajstić information content (AvgIpc) is 2.98. The minimum atomic E-state index is -0.432. The molecule has 1 aromatic heterocycles. The number of aryl methyl sites for hydroxylation is 1. The number of nitrogen functional groups attached to an aromatic ring is 1. The van der Waals surface area contributed by atoms with Crippen molar-refractivity contribution in [2.45, 2.75) is 39.7 Å². The number of fused-ring (bicyclic) bond motifs is 1. The van der Waals surface area contributed by atoms with E-state index in [1.165, 1.54) is 6.08 Å². The largest absolute Gasteiger partial charge is 0.398 e. The number of amides is 1. The summed E-state index contributed by atoms with van der Waals surface area (Å²) in [6.07, 6.45) is 1.30. The molecular weight excluding hydrogens is 581 g/mol. The summed E-state index contributed by atoms with van der Waals surface area (Å²) in [5.41, 5.74) is 11.5. The monoisotopic (exact) mass is 613 g/mol. The highest BCUT2D eigenvalue weighted by Crippen LogP contribution is 2.42. The Kier molecular flexibility index (Phi) is 8.29. The number of para-hydroxylation sites is 1. The van der Waals surface area contributed by atoms with Crippen molar-refractivity contribution in [2.24, 2.45) is 0 Å². The van der Waals surface area contributed by atoms with Crippen LogP contribution in [0.4, 0.5) is 11.4 Å². The molecule has 43 heavy (non-hydrogen) atoms. The van der Waals surface area contributed by atoms with E-state index in [0.717, 1.165) is 11.1 Å². The summed E-state index contributed by atoms with van der Waals surface area (Å²) in [6.45, 7) is 12.9. The summed E-state index contributed by atoms with van der Waals surface area (Å²) in [7, 11) is 0. The van der Waals surface area contributed by atoms with Crippen LogP contribution >= 0.6 is 23.2 Å². The lowest BCUT2D eigenvalue weighted by Gasteiger charge is -2.41. The summed E-state index contributed by atoms with van der Waals surface area (Å²) >= 11 is 13.5. The molecule has 4 aromatic rings. The zero-order valence-corrected chi connectivity index (χ0v) is 26.1. The van der Waals surface area contributed by atoms with Crippen LogP contribution in [0.5, 0.6) is 0 Å². The van der Waals surface area contributed by atoms with Crippen molar-refractivity contribution in [2.75, 3.05) is 30.3 Å². The third-order valence-corrected chi connectivity index (χ3v) is 8.72. The van der Waals surface area contributed by atoms with E-state index in [4.69, 9.17) is 28.9 Å². The lowest BCUT2D eigenvalue weighted by Crippen LogP contribution is -2.54. The number of nitrogens with two attached hydrogens (primary N) is 1. The van der Waals surface area contributed by atoms with Gasteiger partial charge < -0.3 is 15.5 Å². The van der Waals surface area contributed by atoms with E-state index in [-0.39, 0.29) is 23.4 Å². The van der Waals surface area contributed by atoms with E-state index in [1.54, 1.807) is 27.7 Å². The molecule has 2 N–H and O–H groups in total. The van der Waals surface area contributed by atoms with Crippen molar-refractivity contribution in [3.05, 3.63) is 98.3 Å². The summed E-state index contributed by atoms with van der Waals surface area (Å²) in [5.74, 6) is -0.0449. The number of carbonyl (C=O) groups is 1. The minimum absolute atomic E-state index is 0.0170. The Balaban J connectivity index is 1.89. The third kappa shape index (κ3) is 5.26. The molecule has 7 nitrogen and oxygen atoms in total. The van der Waals surface area contributed by atoms with Crippen LogP contribution in [0, 0.1) is 18.3 Å². The van der Waals surface area contributed by atoms with Gasteiger partial charge in [0.2, 0.25) is 5.91 Å². The number of anilines is 2. The van der Waals surface area contributed by atoms with Crippen molar-refractivity contribution in [1.82, 2.24) is 9.47 Å². The van der Waals surface area contributed by atoms with Crippen LogP contribution in [0.1, 0.15) is 43.4 Å². The number of carbonyl (C=O) groups excluding carboxylic acids is 1. The first kappa shape index (κ1) is 30.2. The molecule has 5 rings (SSSR count). The first-order chi connectivity index (χ1) is 20.5. The van der Waals surface area contributed by atoms with Gasteiger partial charge in [-0.15, -0.1) is 0 Å². The molecule has 220 valence electrons. The Morgan fingerprint density at radius 1 is 1.14 bits per heavy atom. The van der Waals surface area contributed by atoms with Crippen LogP contribution in [-0.4, -0.2) is 41.1 Å². The highest BCUT2D eigenvalue weighted by Gasteiger charge is 2.31. The Morgan fingerprint density at radius 3 is 2.51 bits per heavy atom. The molecule has 0 unspecified atom stereocenters. The molecule has 0 aliphatic carbocycles. The van der Waals surface area contributed by atoms with Crippen molar-refractivity contribution < 1.29 is 4.79 Å². The molecule has 1 fully saturated rings. The SMILES string of the molecule is C=CC(=O)N1CCN(c2c(C#N)c(=O)n(-c3ccccc3C(C)C)c3cc(-c4cc(Cl)cc(C)c4N)c(Cl)cc23)[C@@H](C)C1. The van der Waals surface area contributed by atoms with Crippen molar-refractivity contribution in [3.63, 3.8) is 0 Å². The predicted octanol–water partition coefficient (Wildman–Crippen LogP) is 7.07. The molecule has 0 bridgehead atoms. The van der Waals surface area contributed by atoms with E-state index < -0.39 is 5.56 Å². The number of halogens is 2. The fraction of sp³-hybridized carbons (Fsp3) is 0.265. The molecule has 1 amide bonds. The Morgan fingerprint density at radius 2 is 1.86 bits per heavy atom. The normalized spacial score (nSPS) is 15.2. The minimum Gasteiger partial charge on any atom is -0.398 e. The molecule has 0 saturated carbocycles. The Bertz CT molecular complexity index is 1890. The predicted molar refractivity (Wildman–Crippen MR) is 177 cm³/mol. The van der Waals surface area contributed by atoms with Gasteiger partial charge in [0.1, 0.15) is 11.6 Å². The van der Waals surface area contributed by atoms with Crippen LogP contribution in [0.25, 0.3) is 27.7 Å². The standard InChI is InChI=1S/C34H33Cl2N5O2/c1-6-31(42)39-11-12-40(21(5)18-39)33-26-15-28(36)24(25-14-22(35)13-20(4)32(25)38)16-30(26)41(34(43)27(33)17-37)29-10-8-7-9-23(29)19(2)3/h6-10,13-16,19,21H,1,11-12,18,38H2,2-5H3/t21-/m0/s1. The number of hydrogen-bond donors (Lipinski definition) is 1. The molecule has 3 aromatic carbocycles. The second kappa shape index (κ2) is 11.8. The molecular formula is C34H33Cl2N5O2. The lowest BCUT2D eigenvalue weighted by atomic mass is 9.96. The highest BCUT2D eigenvalue weighted by atomic mass is 35.5. The second-order valence-electron chi connectivity index (χ2n) is 11.3. The smallest absolute Gasteiger partial charge is 0.275 e. The number of nitrogens with zero attached hydrogens (tertiary/aromatic N) is 4. The zero-order valence-electron chi connectivity index (χ0n) is 24.6. The van der Waals surface area contributed by atoms with Crippen LogP contribution in [0.15, 0.2) is 66.0 Å². The van der Waals surface area contributed by atoms with Gasteiger partial charge in [0.25, 0.3) is 5.56 Å². The van der Waals surface area contributed by atoms with Crippen LogP contribution in [-0.2, 0) is 4.79 Å². The van der Waals surface area contributed by atoms with Gasteiger partial charge in [-0.25, -0.2) is 0 Å². The Labute approximate surface area is 261 Å². The van der Waals surface area contributed by atoms with Gasteiger partial charge in [-0.3, -0.25) is 14.2 Å². The Hall–Kier alpha value is -4.25. The van der Waals surface area contributed by atoms with Crippen molar-refractivity contribution >= 4 is 51.4 Å².